The molecular formula is C21H28N4O2. The number of hydrogen-bond acceptors (Lipinski definition) is 4. The maximum Gasteiger partial charge on any atom is 0.257 e. The number of nitrogens with zero attached hydrogens (tertiary/aromatic N) is 3. The molecule has 1 aromatic heterocycles. The molecule has 0 radical (unpaired) electrons. The fraction of sp³-hybridized carbons (Fsp3) is 0.524. The number of H-pyrrole nitrogens is 1. The van der Waals surface area contributed by atoms with Crippen molar-refractivity contribution in [1.82, 2.24) is 20.0 Å². The summed E-state index contributed by atoms with van der Waals surface area (Å²) in [7, 11) is 0. The summed E-state index contributed by atoms with van der Waals surface area (Å²) in [6, 6.07) is 10.7. The van der Waals surface area contributed by atoms with Crippen LogP contribution >= 0.6 is 0 Å². The number of hydrogen-bond donors (Lipinski definition) is 1. The molecule has 2 fully saturated rings. The average molecular weight is 368 g/mol. The first kappa shape index (κ1) is 18.2. The first-order chi connectivity index (χ1) is 13.3. The summed E-state index contributed by atoms with van der Waals surface area (Å²) in [5.41, 5.74) is 2.02. The molecular weight excluding hydrogens is 340 g/mol. The van der Waals surface area contributed by atoms with Gasteiger partial charge in [-0.15, -0.1) is 0 Å². The molecule has 1 amide bonds. The van der Waals surface area contributed by atoms with Crippen molar-refractivity contribution >= 4 is 5.91 Å². The number of ether oxygens (including phenoxy) is 1. The van der Waals surface area contributed by atoms with E-state index in [0.717, 1.165) is 58.4 Å². The van der Waals surface area contributed by atoms with Gasteiger partial charge in [0.15, 0.2) is 0 Å². The molecule has 0 spiro atoms. The van der Waals surface area contributed by atoms with Gasteiger partial charge in [-0.25, -0.2) is 0 Å². The molecule has 0 bridgehead atoms. The van der Waals surface area contributed by atoms with Crippen molar-refractivity contribution < 1.29 is 9.53 Å². The highest BCUT2D eigenvalue weighted by molar-refractivity contribution is 5.93. The minimum atomic E-state index is 0.0661. The highest BCUT2D eigenvalue weighted by Gasteiger charge is 2.28. The zero-order valence-corrected chi connectivity index (χ0v) is 15.7. The SMILES string of the molecule is O=C(c1cn[nH]c1)N1CCC(OC2CCN(Cc3ccccc3)CC2)CC1. The lowest BCUT2D eigenvalue weighted by Crippen LogP contribution is -2.43. The molecule has 2 aliphatic rings. The maximum absolute atomic E-state index is 12.4. The van der Waals surface area contributed by atoms with Crippen molar-refractivity contribution in [3.05, 3.63) is 53.9 Å². The van der Waals surface area contributed by atoms with Crippen LogP contribution in [-0.2, 0) is 11.3 Å². The molecule has 4 rings (SSSR count). The molecule has 0 saturated carbocycles. The van der Waals surface area contributed by atoms with Gasteiger partial charge in [0.1, 0.15) is 0 Å². The largest absolute Gasteiger partial charge is 0.375 e. The molecule has 3 heterocycles. The molecule has 0 aliphatic carbocycles. The van der Waals surface area contributed by atoms with Gasteiger partial charge in [0.05, 0.1) is 24.0 Å². The fourth-order valence-electron chi connectivity index (χ4n) is 4.06. The summed E-state index contributed by atoms with van der Waals surface area (Å²) in [5, 5.41) is 6.57. The number of benzene rings is 1. The zero-order valence-electron chi connectivity index (χ0n) is 15.7. The van der Waals surface area contributed by atoms with Crippen molar-refractivity contribution in [3.63, 3.8) is 0 Å². The number of piperidine rings is 2. The third-order valence-corrected chi connectivity index (χ3v) is 5.64. The summed E-state index contributed by atoms with van der Waals surface area (Å²) in [6.07, 6.45) is 7.94. The smallest absolute Gasteiger partial charge is 0.257 e. The molecule has 0 atom stereocenters. The second-order valence-corrected chi connectivity index (χ2v) is 7.58. The number of rotatable bonds is 5. The number of carbonyl (C=O) groups is 1. The highest BCUT2D eigenvalue weighted by Crippen LogP contribution is 2.22. The van der Waals surface area contributed by atoms with Crippen molar-refractivity contribution in [2.75, 3.05) is 26.2 Å². The molecule has 2 saturated heterocycles. The van der Waals surface area contributed by atoms with Crippen LogP contribution in [0.5, 0.6) is 0 Å². The van der Waals surface area contributed by atoms with Gasteiger partial charge in [0, 0.05) is 38.9 Å². The lowest BCUT2D eigenvalue weighted by atomic mass is 10.0. The van der Waals surface area contributed by atoms with Gasteiger partial charge < -0.3 is 9.64 Å². The lowest BCUT2D eigenvalue weighted by molar-refractivity contribution is -0.0629. The van der Waals surface area contributed by atoms with E-state index in [2.05, 4.69) is 45.4 Å². The summed E-state index contributed by atoms with van der Waals surface area (Å²) in [6.45, 7) is 4.75. The molecule has 2 aromatic rings. The molecule has 144 valence electrons. The van der Waals surface area contributed by atoms with Crippen LogP contribution in [0.2, 0.25) is 0 Å². The van der Waals surface area contributed by atoms with Crippen LogP contribution < -0.4 is 0 Å². The van der Waals surface area contributed by atoms with Crippen molar-refractivity contribution in [1.29, 1.82) is 0 Å². The Labute approximate surface area is 160 Å². The monoisotopic (exact) mass is 368 g/mol. The van der Waals surface area contributed by atoms with E-state index in [1.807, 2.05) is 4.90 Å². The van der Waals surface area contributed by atoms with Crippen LogP contribution in [0.1, 0.15) is 41.6 Å². The van der Waals surface area contributed by atoms with E-state index in [0.29, 0.717) is 11.7 Å². The van der Waals surface area contributed by atoms with Crippen molar-refractivity contribution in [2.45, 2.75) is 44.4 Å². The number of carbonyl (C=O) groups excluding carboxylic acids is 1. The minimum Gasteiger partial charge on any atom is -0.375 e. The quantitative estimate of drug-likeness (QED) is 0.881. The molecule has 0 unspecified atom stereocenters. The third kappa shape index (κ3) is 4.76. The number of aromatic nitrogens is 2. The van der Waals surface area contributed by atoms with E-state index in [-0.39, 0.29) is 12.0 Å². The second kappa shape index (κ2) is 8.67. The van der Waals surface area contributed by atoms with E-state index >= 15 is 0 Å². The van der Waals surface area contributed by atoms with Crippen LogP contribution in [0.4, 0.5) is 0 Å². The Hall–Kier alpha value is -2.18. The van der Waals surface area contributed by atoms with Gasteiger partial charge in [0.25, 0.3) is 5.91 Å². The Morgan fingerprint density at radius 1 is 1.04 bits per heavy atom. The van der Waals surface area contributed by atoms with Gasteiger partial charge in [-0.1, -0.05) is 30.3 Å². The molecule has 2 aliphatic heterocycles. The van der Waals surface area contributed by atoms with E-state index in [9.17, 15) is 4.79 Å². The Balaban J connectivity index is 1.18. The Morgan fingerprint density at radius 2 is 1.70 bits per heavy atom. The normalized spacial score (nSPS) is 20.1. The maximum atomic E-state index is 12.4. The van der Waals surface area contributed by atoms with Gasteiger partial charge in [-0.05, 0) is 31.2 Å². The van der Waals surface area contributed by atoms with Gasteiger partial charge in [-0.3, -0.25) is 14.8 Å². The Morgan fingerprint density at radius 3 is 2.33 bits per heavy atom. The predicted molar refractivity (Wildman–Crippen MR) is 103 cm³/mol. The predicted octanol–water partition coefficient (Wildman–Crippen LogP) is 2.70. The molecule has 6 nitrogen and oxygen atoms in total. The lowest BCUT2D eigenvalue weighted by Gasteiger charge is -2.37. The molecule has 1 aromatic carbocycles. The molecule has 1 N–H and O–H groups in total. The van der Waals surface area contributed by atoms with Crippen LogP contribution in [0, 0.1) is 0 Å². The van der Waals surface area contributed by atoms with Crippen molar-refractivity contribution in [2.24, 2.45) is 0 Å². The van der Waals surface area contributed by atoms with Crippen LogP contribution in [0.15, 0.2) is 42.7 Å². The first-order valence-corrected chi connectivity index (χ1v) is 9.98. The summed E-state index contributed by atoms with van der Waals surface area (Å²) >= 11 is 0. The molecule has 6 heteroatoms. The van der Waals surface area contributed by atoms with Gasteiger partial charge >= 0.3 is 0 Å². The Bertz CT molecular complexity index is 703. The Kier molecular flexibility index (Phi) is 5.84. The van der Waals surface area contributed by atoms with E-state index in [4.69, 9.17) is 4.74 Å². The first-order valence-electron chi connectivity index (χ1n) is 9.98. The summed E-state index contributed by atoms with van der Waals surface area (Å²) < 4.78 is 6.37. The van der Waals surface area contributed by atoms with E-state index in [1.54, 1.807) is 12.4 Å². The summed E-state index contributed by atoms with van der Waals surface area (Å²) in [5.74, 6) is 0.0661. The second-order valence-electron chi connectivity index (χ2n) is 7.58. The third-order valence-electron chi connectivity index (χ3n) is 5.64. The van der Waals surface area contributed by atoms with Crippen LogP contribution in [-0.4, -0.2) is 64.3 Å². The molecule has 27 heavy (non-hydrogen) atoms. The highest BCUT2D eigenvalue weighted by atomic mass is 16.5. The number of nitrogens with one attached hydrogen (secondary N) is 1. The van der Waals surface area contributed by atoms with Gasteiger partial charge in [0.2, 0.25) is 0 Å². The fourth-order valence-corrected chi connectivity index (χ4v) is 4.06. The number of likely N-dealkylation sites (tertiary alicyclic amines) is 2. The standard InChI is InChI=1S/C21H28N4O2/c26-21(18-14-22-23-15-18)25-12-8-20(9-13-25)27-19-6-10-24(11-7-19)16-17-4-2-1-3-5-17/h1-5,14-15,19-20H,6-13,16H2,(H,22,23). The van der Waals surface area contributed by atoms with E-state index < -0.39 is 0 Å². The zero-order chi connectivity index (χ0) is 18.5. The van der Waals surface area contributed by atoms with Crippen molar-refractivity contribution in [3.8, 4) is 0 Å². The number of amides is 1. The van der Waals surface area contributed by atoms with Crippen LogP contribution in [0.3, 0.4) is 0 Å². The average Bonchev–Trinajstić information content (AvgIpc) is 3.25. The van der Waals surface area contributed by atoms with Gasteiger partial charge in [-0.2, -0.15) is 5.10 Å². The summed E-state index contributed by atoms with van der Waals surface area (Å²) in [4.78, 5) is 16.8. The van der Waals surface area contributed by atoms with E-state index in [1.165, 1.54) is 5.56 Å². The topological polar surface area (TPSA) is 61.5 Å². The van der Waals surface area contributed by atoms with Crippen LogP contribution in [0.25, 0.3) is 0 Å². The minimum absolute atomic E-state index is 0.0661. The number of aromatic amines is 1.